The van der Waals surface area contributed by atoms with Gasteiger partial charge in [0, 0.05) is 6.42 Å². The van der Waals surface area contributed by atoms with Crippen LogP contribution in [0.15, 0.2) is 18.7 Å². The van der Waals surface area contributed by atoms with Gasteiger partial charge in [0.1, 0.15) is 18.9 Å². The first-order valence-corrected chi connectivity index (χ1v) is 10.2. The molecular weight excluding hydrogens is 664 g/mol. The minimum Gasteiger partial charge on any atom is -1.00 e. The molecule has 22 heavy (non-hydrogen) atoms. The molecule has 0 aliphatic carbocycles. The summed E-state index contributed by atoms with van der Waals surface area (Å²) in [6.07, 6.45) is 9.75. The van der Waals surface area contributed by atoms with E-state index in [2.05, 4.69) is 74.8 Å². The van der Waals surface area contributed by atoms with Crippen LogP contribution >= 0.6 is 60.9 Å². The zero-order valence-electron chi connectivity index (χ0n) is 13.6. The van der Waals surface area contributed by atoms with Gasteiger partial charge in [-0.15, -0.1) is 22.6 Å². The number of carbonyl (C=O) groups excluding carboxylic acids is 1. The summed E-state index contributed by atoms with van der Waals surface area (Å²) in [5, 5.41) is 0. The predicted molar refractivity (Wildman–Crippen MR) is 106 cm³/mol. The zero-order chi connectivity index (χ0) is 15.5. The Morgan fingerprint density at radius 1 is 1.45 bits per heavy atom. The molecule has 9 heteroatoms. The summed E-state index contributed by atoms with van der Waals surface area (Å²) in [6, 6.07) is 0. The van der Waals surface area contributed by atoms with E-state index >= 15 is 0 Å². The summed E-state index contributed by atoms with van der Waals surface area (Å²) in [6.45, 7) is 4.63. The maximum absolute atomic E-state index is 11.4. The molecule has 0 aromatic carbocycles. The number of aryl methyl sites for hydroxylation is 1. The predicted octanol–water partition coefficient (Wildman–Crippen LogP) is -2.48. The van der Waals surface area contributed by atoms with Crippen LogP contribution in [0.2, 0.25) is 0 Å². The number of nitrogens with zero attached hydrogens (tertiary/aromatic N) is 2. The molecule has 0 saturated heterocycles. The average Bonchev–Trinajstić information content (AvgIpc) is 2.74. The maximum atomic E-state index is 11.4. The number of imidazole rings is 1. The Labute approximate surface area is 224 Å². The van der Waals surface area contributed by atoms with E-state index in [0.717, 1.165) is 0 Å². The Balaban J connectivity index is -0.000000350. The molecule has 0 spiro atoms. The van der Waals surface area contributed by atoms with Crippen molar-refractivity contribution in [1.82, 2.24) is 4.57 Å². The van der Waals surface area contributed by atoms with Crippen molar-refractivity contribution in [3.05, 3.63) is 18.7 Å². The van der Waals surface area contributed by atoms with Crippen LogP contribution in [0.25, 0.3) is 0 Å². The van der Waals surface area contributed by atoms with Crippen molar-refractivity contribution in [1.29, 1.82) is 0 Å². The third-order valence-corrected chi connectivity index (χ3v) is 5.57. The van der Waals surface area contributed by atoms with Crippen molar-refractivity contribution in [2.75, 3.05) is 4.43 Å². The standard InChI is InChI=1S/C10H17N2O.C3H5BBrI2.BrH.K/c1-9(2)6-10(13)7-12-5-4-11(3)8-12;5-4-3(7)1-2-6;;/h4-5,8-9H,6-7H2,1-3H3;3H,1-2H2;1H;/q+1;-1;;+1/p-1. The molecule has 0 fully saturated rings. The first-order valence-electron chi connectivity index (χ1n) is 6.55. The van der Waals surface area contributed by atoms with Crippen LogP contribution in [-0.2, 0) is 18.4 Å². The van der Waals surface area contributed by atoms with E-state index in [-0.39, 0.29) is 68.4 Å². The molecule has 2 radical (unpaired) electrons. The van der Waals surface area contributed by atoms with Gasteiger partial charge in [-0.25, -0.2) is 15.2 Å². The minimum atomic E-state index is 0. The van der Waals surface area contributed by atoms with Gasteiger partial charge < -0.3 is 32.7 Å². The van der Waals surface area contributed by atoms with Gasteiger partial charge >= 0.3 is 51.4 Å². The molecule has 1 aromatic rings. The summed E-state index contributed by atoms with van der Waals surface area (Å²) in [5.41, 5.74) is 0. The molecule has 0 N–H and O–H groups in total. The summed E-state index contributed by atoms with van der Waals surface area (Å²) >= 11 is 8.06. The van der Waals surface area contributed by atoms with E-state index in [9.17, 15) is 4.79 Å². The first kappa shape index (κ1) is 29.8. The summed E-state index contributed by atoms with van der Waals surface area (Å²) < 4.78 is 5.79. The van der Waals surface area contributed by atoms with E-state index in [1.807, 2.05) is 41.0 Å². The van der Waals surface area contributed by atoms with Crippen LogP contribution < -0.4 is 72.9 Å². The number of hydrogen-bond acceptors (Lipinski definition) is 1. The average molecular weight is 686 g/mol. The fourth-order valence-corrected chi connectivity index (χ4v) is 3.92. The number of ketones is 1. The summed E-state index contributed by atoms with van der Waals surface area (Å²) in [7, 11) is 1.95. The van der Waals surface area contributed by atoms with Gasteiger partial charge in [0.25, 0.3) is 0 Å². The van der Waals surface area contributed by atoms with Gasteiger partial charge in [-0.05, 0) is 10.3 Å². The number of halogens is 4. The quantitative estimate of drug-likeness (QED) is 0.135. The van der Waals surface area contributed by atoms with Gasteiger partial charge in [-0.1, -0.05) is 42.9 Å². The first-order chi connectivity index (χ1) is 9.38. The van der Waals surface area contributed by atoms with E-state index < -0.39 is 0 Å². The number of alkyl halides is 2. The Morgan fingerprint density at radius 2 is 2.05 bits per heavy atom. The maximum Gasteiger partial charge on any atom is 1.00 e. The van der Waals surface area contributed by atoms with Gasteiger partial charge in [0.05, 0.1) is 7.05 Å². The van der Waals surface area contributed by atoms with Crippen molar-refractivity contribution >= 4 is 72.8 Å². The van der Waals surface area contributed by atoms with E-state index in [4.69, 9.17) is 0 Å². The van der Waals surface area contributed by atoms with Crippen LogP contribution in [-0.4, -0.2) is 24.7 Å². The Kier molecular flexibility index (Phi) is 25.4. The molecule has 1 atom stereocenters. The van der Waals surface area contributed by atoms with Crippen molar-refractivity contribution in [2.24, 2.45) is 13.0 Å². The molecule has 3 nitrogen and oxygen atoms in total. The van der Waals surface area contributed by atoms with E-state index in [0.29, 0.717) is 28.5 Å². The third kappa shape index (κ3) is 17.8. The van der Waals surface area contributed by atoms with Gasteiger partial charge in [-0.3, -0.25) is 4.79 Å². The molecule has 122 valence electrons. The molecule has 0 aliphatic rings. The topological polar surface area (TPSA) is 25.9 Å². The van der Waals surface area contributed by atoms with Crippen molar-refractivity contribution in [2.45, 2.75) is 37.1 Å². The Hall–Kier alpha value is 3.00. The molecule has 0 bridgehead atoms. The molecule has 0 saturated carbocycles. The van der Waals surface area contributed by atoms with Gasteiger partial charge in [0.2, 0.25) is 6.33 Å². The second-order valence-corrected chi connectivity index (χ2v) is 8.22. The SMILES string of the molecule is Br[B-]C(I)CCI.CC(C)CC(=O)Cn1cc[n+](C)c1.[Br-].[K+]. The van der Waals surface area contributed by atoms with Crippen LogP contribution in [0, 0.1) is 5.92 Å². The van der Waals surface area contributed by atoms with E-state index in [1.165, 1.54) is 10.8 Å². The molecule has 1 rings (SSSR count). The van der Waals surface area contributed by atoms with Crippen molar-refractivity contribution in [3.63, 3.8) is 0 Å². The Bertz CT molecular complexity index is 398. The number of Topliss-reactive ketones (excluding diaryl/α,β-unsaturated/α-hetero) is 1. The van der Waals surface area contributed by atoms with Crippen molar-refractivity contribution in [3.8, 4) is 0 Å². The Morgan fingerprint density at radius 3 is 2.36 bits per heavy atom. The molecule has 1 unspecified atom stereocenters. The number of rotatable bonds is 7. The molecule has 0 amide bonds. The van der Waals surface area contributed by atoms with Gasteiger partial charge in [-0.2, -0.15) is 3.82 Å². The fourth-order valence-electron chi connectivity index (χ4n) is 1.49. The van der Waals surface area contributed by atoms with E-state index in [1.54, 1.807) is 0 Å². The smallest absolute Gasteiger partial charge is 1.00 e. The fraction of sp³-hybridized carbons (Fsp3) is 0.692. The molecule has 1 aromatic heterocycles. The van der Waals surface area contributed by atoms with Crippen LogP contribution in [0.3, 0.4) is 0 Å². The third-order valence-electron chi connectivity index (χ3n) is 2.34. The van der Waals surface area contributed by atoms with Crippen LogP contribution in [0.1, 0.15) is 26.7 Å². The zero-order valence-corrected chi connectivity index (χ0v) is 24.2. The van der Waals surface area contributed by atoms with Gasteiger partial charge in [0.15, 0.2) is 5.78 Å². The summed E-state index contributed by atoms with van der Waals surface area (Å²) in [4.78, 5) is 11.4. The molecular formula is C13H22BBr2I2KN2O. The monoisotopic (exact) mass is 684 g/mol. The van der Waals surface area contributed by atoms with Crippen LogP contribution in [0.4, 0.5) is 0 Å². The second-order valence-electron chi connectivity index (χ2n) is 5.01. The second kappa shape index (κ2) is 18.8. The summed E-state index contributed by atoms with van der Waals surface area (Å²) in [5.74, 6) is 0.753. The molecule has 0 aliphatic heterocycles. The minimum absolute atomic E-state index is 0. The normalized spacial score (nSPS) is 10.9. The number of carbonyl (C=O) groups is 1. The number of aromatic nitrogens is 2. The molecule has 1 heterocycles. The largest absolute Gasteiger partial charge is 1.00 e. The number of hydrogen-bond donors (Lipinski definition) is 0. The van der Waals surface area contributed by atoms with Crippen molar-refractivity contribution < 1.29 is 77.7 Å². The van der Waals surface area contributed by atoms with Crippen LogP contribution in [0.5, 0.6) is 0 Å².